The number of oxime groups is 1. The van der Waals surface area contributed by atoms with Crippen LogP contribution in [0.3, 0.4) is 0 Å². The van der Waals surface area contributed by atoms with Crippen molar-refractivity contribution in [2.24, 2.45) is 10.9 Å². The van der Waals surface area contributed by atoms with Gasteiger partial charge in [-0.1, -0.05) is 17.3 Å². The molecule has 1 heterocycles. The lowest BCUT2D eigenvalue weighted by atomic mass is 10.0. The molecule has 0 bridgehead atoms. The molecule has 19 heavy (non-hydrogen) atoms. The van der Waals surface area contributed by atoms with Gasteiger partial charge < -0.3 is 10.9 Å². The summed E-state index contributed by atoms with van der Waals surface area (Å²) < 4.78 is 14.3. The third-order valence-corrected chi connectivity index (χ3v) is 3.90. The van der Waals surface area contributed by atoms with Crippen LogP contribution in [0.2, 0.25) is 0 Å². The number of nitrogens with two attached hydrogens (primary N) is 1. The van der Waals surface area contributed by atoms with Gasteiger partial charge in [-0.2, -0.15) is 0 Å². The van der Waals surface area contributed by atoms with E-state index in [2.05, 4.69) is 23.9 Å². The third kappa shape index (κ3) is 2.71. The number of amidine groups is 1. The van der Waals surface area contributed by atoms with Crippen molar-refractivity contribution in [3.8, 4) is 0 Å². The number of hydrogen-bond donors (Lipinski definition) is 2. The van der Waals surface area contributed by atoms with E-state index in [1.165, 1.54) is 6.07 Å². The topological polar surface area (TPSA) is 61.8 Å². The van der Waals surface area contributed by atoms with Gasteiger partial charge in [0, 0.05) is 17.6 Å². The molecule has 4 nitrogen and oxygen atoms in total. The van der Waals surface area contributed by atoms with Crippen molar-refractivity contribution in [1.82, 2.24) is 4.90 Å². The smallest absolute Gasteiger partial charge is 0.173 e. The Morgan fingerprint density at radius 2 is 2.26 bits per heavy atom. The number of benzene rings is 1. The SMILES string of the molecule is CC1(C)CCCN1Cc1cccc(/C(N)=N/O)c1F. The van der Waals surface area contributed by atoms with Gasteiger partial charge in [-0.05, 0) is 39.3 Å². The van der Waals surface area contributed by atoms with E-state index in [4.69, 9.17) is 10.9 Å². The Labute approximate surface area is 112 Å². The molecule has 0 aliphatic carbocycles. The minimum Gasteiger partial charge on any atom is -0.409 e. The molecule has 3 N–H and O–H groups in total. The fourth-order valence-corrected chi connectivity index (χ4v) is 2.62. The molecule has 1 aromatic carbocycles. The molecule has 0 aromatic heterocycles. The van der Waals surface area contributed by atoms with E-state index in [1.54, 1.807) is 12.1 Å². The predicted molar refractivity (Wildman–Crippen MR) is 72.6 cm³/mol. The van der Waals surface area contributed by atoms with Gasteiger partial charge in [-0.25, -0.2) is 4.39 Å². The first kappa shape index (κ1) is 13.8. The Balaban J connectivity index is 2.27. The highest BCUT2D eigenvalue weighted by Crippen LogP contribution is 2.30. The van der Waals surface area contributed by atoms with Gasteiger partial charge in [0.05, 0.1) is 5.56 Å². The highest BCUT2D eigenvalue weighted by molar-refractivity contribution is 5.97. The fourth-order valence-electron chi connectivity index (χ4n) is 2.62. The van der Waals surface area contributed by atoms with Crippen LogP contribution >= 0.6 is 0 Å². The third-order valence-electron chi connectivity index (χ3n) is 3.90. The zero-order valence-corrected chi connectivity index (χ0v) is 11.4. The van der Waals surface area contributed by atoms with E-state index in [1.807, 2.05) is 0 Å². The van der Waals surface area contributed by atoms with Crippen LogP contribution < -0.4 is 5.73 Å². The highest BCUT2D eigenvalue weighted by Gasteiger charge is 2.32. The molecule has 0 spiro atoms. The van der Waals surface area contributed by atoms with Crippen molar-refractivity contribution in [3.05, 3.63) is 35.1 Å². The second-order valence-electron chi connectivity index (χ2n) is 5.60. The van der Waals surface area contributed by atoms with Gasteiger partial charge >= 0.3 is 0 Å². The van der Waals surface area contributed by atoms with Crippen LogP contribution in [0.1, 0.15) is 37.8 Å². The Morgan fingerprint density at radius 1 is 1.53 bits per heavy atom. The summed E-state index contributed by atoms with van der Waals surface area (Å²) in [4.78, 5) is 2.27. The van der Waals surface area contributed by atoms with E-state index in [0.29, 0.717) is 12.1 Å². The van der Waals surface area contributed by atoms with E-state index in [0.717, 1.165) is 19.4 Å². The summed E-state index contributed by atoms with van der Waals surface area (Å²) in [6, 6.07) is 5.00. The standard InChI is InChI=1S/C14H20FN3O/c1-14(2)7-4-8-18(14)9-10-5-3-6-11(12(10)15)13(16)17-19/h3,5-6,19H,4,7-9H2,1-2H3,(H2,16,17). The molecule has 0 atom stereocenters. The molecule has 0 saturated carbocycles. The van der Waals surface area contributed by atoms with Crippen molar-refractivity contribution >= 4 is 5.84 Å². The fraction of sp³-hybridized carbons (Fsp3) is 0.500. The van der Waals surface area contributed by atoms with Gasteiger partial charge in [0.2, 0.25) is 0 Å². The summed E-state index contributed by atoms with van der Waals surface area (Å²) in [6.07, 6.45) is 2.25. The molecule has 1 aliphatic heterocycles. The van der Waals surface area contributed by atoms with E-state index in [-0.39, 0.29) is 16.9 Å². The van der Waals surface area contributed by atoms with Gasteiger partial charge in [-0.3, -0.25) is 4.90 Å². The summed E-state index contributed by atoms with van der Waals surface area (Å²) in [5.74, 6) is -0.597. The van der Waals surface area contributed by atoms with Crippen LogP contribution in [0.4, 0.5) is 4.39 Å². The molecule has 0 unspecified atom stereocenters. The highest BCUT2D eigenvalue weighted by atomic mass is 19.1. The first-order valence-corrected chi connectivity index (χ1v) is 6.46. The molecule has 1 fully saturated rings. The van der Waals surface area contributed by atoms with Crippen molar-refractivity contribution in [2.75, 3.05) is 6.54 Å². The summed E-state index contributed by atoms with van der Waals surface area (Å²) in [6.45, 7) is 5.86. The number of hydrogen-bond acceptors (Lipinski definition) is 3. The average molecular weight is 265 g/mol. The molecule has 1 aromatic rings. The molecule has 0 amide bonds. The van der Waals surface area contributed by atoms with Crippen molar-refractivity contribution < 1.29 is 9.60 Å². The number of rotatable bonds is 3. The largest absolute Gasteiger partial charge is 0.409 e. The van der Waals surface area contributed by atoms with Crippen molar-refractivity contribution in [3.63, 3.8) is 0 Å². The first-order chi connectivity index (χ1) is 8.95. The van der Waals surface area contributed by atoms with E-state index < -0.39 is 5.82 Å². The summed E-state index contributed by atoms with van der Waals surface area (Å²) in [5.41, 5.74) is 6.30. The van der Waals surface area contributed by atoms with Gasteiger partial charge in [0.15, 0.2) is 5.84 Å². The lowest BCUT2D eigenvalue weighted by Crippen LogP contribution is -2.37. The minimum atomic E-state index is -0.402. The quantitative estimate of drug-likeness (QED) is 0.381. The average Bonchev–Trinajstić information content (AvgIpc) is 2.70. The maximum Gasteiger partial charge on any atom is 0.173 e. The van der Waals surface area contributed by atoms with Gasteiger partial charge in [0.25, 0.3) is 0 Å². The van der Waals surface area contributed by atoms with Gasteiger partial charge in [-0.15, -0.1) is 0 Å². The molecule has 104 valence electrons. The van der Waals surface area contributed by atoms with Crippen molar-refractivity contribution in [1.29, 1.82) is 0 Å². The Morgan fingerprint density at radius 3 is 2.84 bits per heavy atom. The number of nitrogens with zero attached hydrogens (tertiary/aromatic N) is 2. The Bertz CT molecular complexity index is 499. The summed E-state index contributed by atoms with van der Waals surface area (Å²) >= 11 is 0. The molecular weight excluding hydrogens is 245 g/mol. The lowest BCUT2D eigenvalue weighted by Gasteiger charge is -2.31. The maximum atomic E-state index is 14.3. The number of halogens is 1. The van der Waals surface area contributed by atoms with Crippen molar-refractivity contribution in [2.45, 2.75) is 38.8 Å². The van der Waals surface area contributed by atoms with Crippen LogP contribution in [0, 0.1) is 5.82 Å². The zero-order chi connectivity index (χ0) is 14.0. The van der Waals surface area contributed by atoms with Gasteiger partial charge in [0.1, 0.15) is 5.82 Å². The van der Waals surface area contributed by atoms with Crippen LogP contribution in [0.25, 0.3) is 0 Å². The molecular formula is C14H20FN3O. The second-order valence-corrected chi connectivity index (χ2v) is 5.60. The summed E-state index contributed by atoms with van der Waals surface area (Å²) in [7, 11) is 0. The molecule has 5 heteroatoms. The zero-order valence-electron chi connectivity index (χ0n) is 11.4. The Hall–Kier alpha value is -1.62. The summed E-state index contributed by atoms with van der Waals surface area (Å²) in [5, 5.41) is 11.5. The second kappa shape index (κ2) is 5.17. The monoisotopic (exact) mass is 265 g/mol. The lowest BCUT2D eigenvalue weighted by molar-refractivity contribution is 0.164. The number of likely N-dealkylation sites (tertiary alicyclic amines) is 1. The van der Waals surface area contributed by atoms with Crippen LogP contribution in [-0.4, -0.2) is 28.0 Å². The van der Waals surface area contributed by atoms with E-state index >= 15 is 0 Å². The Kier molecular flexibility index (Phi) is 3.75. The first-order valence-electron chi connectivity index (χ1n) is 6.46. The molecule has 1 aliphatic rings. The van der Waals surface area contributed by atoms with Crippen LogP contribution in [0.15, 0.2) is 23.4 Å². The molecule has 1 saturated heterocycles. The van der Waals surface area contributed by atoms with Crippen LogP contribution in [-0.2, 0) is 6.54 Å². The van der Waals surface area contributed by atoms with Crippen LogP contribution in [0.5, 0.6) is 0 Å². The minimum absolute atomic E-state index is 0.0963. The predicted octanol–water partition coefficient (Wildman–Crippen LogP) is 2.29. The maximum absolute atomic E-state index is 14.3. The molecule has 2 rings (SSSR count). The normalized spacial score (nSPS) is 19.8. The molecule has 0 radical (unpaired) electrons. The van der Waals surface area contributed by atoms with E-state index in [9.17, 15) is 4.39 Å².